The maximum absolute atomic E-state index is 6.35. The van der Waals surface area contributed by atoms with E-state index in [4.69, 9.17) is 19.7 Å². The zero-order valence-corrected chi connectivity index (χ0v) is 18.8. The second kappa shape index (κ2) is 9.28. The van der Waals surface area contributed by atoms with E-state index in [1.54, 1.807) is 13.3 Å². The van der Waals surface area contributed by atoms with Crippen molar-refractivity contribution in [1.29, 1.82) is 0 Å². The third-order valence-corrected chi connectivity index (χ3v) is 5.51. The van der Waals surface area contributed by atoms with Gasteiger partial charge >= 0.3 is 0 Å². The first-order valence-corrected chi connectivity index (χ1v) is 10.6. The molecule has 0 radical (unpaired) electrons. The van der Waals surface area contributed by atoms with Crippen molar-refractivity contribution in [3.05, 3.63) is 65.7 Å². The van der Waals surface area contributed by atoms with Crippen LogP contribution in [0.3, 0.4) is 0 Å². The monoisotopic (exact) mass is 432 g/mol. The number of fused-ring (bicyclic) bond motifs is 1. The van der Waals surface area contributed by atoms with Crippen molar-refractivity contribution >= 4 is 22.3 Å². The average molecular weight is 433 g/mol. The fourth-order valence-corrected chi connectivity index (χ4v) is 3.85. The number of hydrogen-bond acceptors (Lipinski definition) is 7. The molecular weight excluding hydrogens is 404 g/mol. The van der Waals surface area contributed by atoms with Crippen LogP contribution < -0.4 is 15.8 Å². The molecule has 0 fully saturated rings. The van der Waals surface area contributed by atoms with Gasteiger partial charge in [-0.15, -0.1) is 0 Å². The summed E-state index contributed by atoms with van der Waals surface area (Å²) >= 11 is 0. The third-order valence-electron chi connectivity index (χ3n) is 5.51. The molecule has 0 bridgehead atoms. The van der Waals surface area contributed by atoms with Crippen LogP contribution in [-0.4, -0.2) is 30.5 Å². The lowest BCUT2D eigenvalue weighted by Gasteiger charge is -2.20. The summed E-state index contributed by atoms with van der Waals surface area (Å²) in [6.07, 6.45) is 1.69. The lowest BCUT2D eigenvalue weighted by molar-refractivity contribution is 0.146. The van der Waals surface area contributed by atoms with E-state index in [0.717, 1.165) is 39.2 Å². The lowest BCUT2D eigenvalue weighted by atomic mass is 9.99. The number of hydrogen-bond donors (Lipinski definition) is 2. The highest BCUT2D eigenvalue weighted by molar-refractivity contribution is 6.00. The van der Waals surface area contributed by atoms with Crippen LogP contribution in [0, 0.1) is 13.8 Å². The van der Waals surface area contributed by atoms with Crippen molar-refractivity contribution in [1.82, 2.24) is 10.1 Å². The molecule has 7 heteroatoms. The lowest BCUT2D eigenvalue weighted by Crippen LogP contribution is -2.10. The Morgan fingerprint density at radius 3 is 2.59 bits per heavy atom. The Balaban J connectivity index is 1.83. The Labute approximate surface area is 187 Å². The Bertz CT molecular complexity index is 1200. The van der Waals surface area contributed by atoms with Gasteiger partial charge in [0.05, 0.1) is 41.0 Å². The molecule has 0 amide bonds. The third kappa shape index (κ3) is 4.24. The van der Waals surface area contributed by atoms with E-state index in [1.165, 1.54) is 5.56 Å². The Morgan fingerprint density at radius 1 is 1.12 bits per heavy atom. The van der Waals surface area contributed by atoms with Crippen LogP contribution >= 0.6 is 0 Å². The molecule has 2 aromatic heterocycles. The summed E-state index contributed by atoms with van der Waals surface area (Å²) in [4.78, 5) is 4.59. The van der Waals surface area contributed by atoms with Gasteiger partial charge in [-0.25, -0.2) is 0 Å². The molecule has 1 atom stereocenters. The van der Waals surface area contributed by atoms with Crippen molar-refractivity contribution in [2.24, 2.45) is 0 Å². The van der Waals surface area contributed by atoms with Gasteiger partial charge in [0.2, 0.25) is 0 Å². The summed E-state index contributed by atoms with van der Waals surface area (Å²) in [5.74, 6) is 1.43. The molecule has 7 nitrogen and oxygen atoms in total. The highest BCUT2D eigenvalue weighted by atomic mass is 16.5. The summed E-state index contributed by atoms with van der Waals surface area (Å²) < 4.78 is 16.7. The fourth-order valence-electron chi connectivity index (χ4n) is 3.85. The Kier molecular flexibility index (Phi) is 6.28. The predicted octanol–water partition coefficient (Wildman–Crippen LogP) is 5.29. The van der Waals surface area contributed by atoms with Gasteiger partial charge in [0, 0.05) is 24.1 Å². The van der Waals surface area contributed by atoms with E-state index >= 15 is 0 Å². The van der Waals surface area contributed by atoms with Gasteiger partial charge < -0.3 is 25.0 Å². The van der Waals surface area contributed by atoms with Gasteiger partial charge in [-0.05, 0) is 38.5 Å². The van der Waals surface area contributed by atoms with E-state index in [2.05, 4.69) is 34.5 Å². The second-order valence-corrected chi connectivity index (χ2v) is 7.77. The molecule has 166 valence electrons. The zero-order chi connectivity index (χ0) is 22.7. The number of nitrogens with one attached hydrogen (secondary N) is 1. The Hall–Kier alpha value is -3.58. The summed E-state index contributed by atoms with van der Waals surface area (Å²) in [7, 11) is 1.65. The smallest absolute Gasteiger partial charge is 0.141 e. The van der Waals surface area contributed by atoms with E-state index in [9.17, 15) is 0 Å². The first kappa shape index (κ1) is 21.6. The topological polar surface area (TPSA) is 95.4 Å². The van der Waals surface area contributed by atoms with Gasteiger partial charge in [0.15, 0.2) is 0 Å². The number of rotatable bonds is 8. The maximum atomic E-state index is 6.35. The zero-order valence-electron chi connectivity index (χ0n) is 18.8. The number of ether oxygens (including phenoxy) is 2. The summed E-state index contributed by atoms with van der Waals surface area (Å²) in [5, 5.41) is 8.56. The number of anilines is 2. The SMILES string of the molecule is COCCOc1cc2c(N[C@H](C)c3ccccc3)c(N)cnc2cc1-c1c(C)noc1C. The van der Waals surface area contributed by atoms with Crippen LogP contribution in [0.25, 0.3) is 22.0 Å². The molecule has 0 spiro atoms. The normalized spacial score (nSPS) is 12.1. The minimum Gasteiger partial charge on any atom is -0.491 e. The summed E-state index contributed by atoms with van der Waals surface area (Å²) in [6.45, 7) is 6.81. The number of nitrogen functional groups attached to an aromatic ring is 1. The summed E-state index contributed by atoms with van der Waals surface area (Å²) in [5.41, 5.74) is 12.3. The largest absolute Gasteiger partial charge is 0.491 e. The van der Waals surface area contributed by atoms with Crippen molar-refractivity contribution < 1.29 is 14.0 Å². The van der Waals surface area contributed by atoms with Crippen LogP contribution in [0.15, 0.2) is 53.2 Å². The van der Waals surface area contributed by atoms with Crippen LogP contribution in [0.1, 0.15) is 30.0 Å². The molecule has 0 unspecified atom stereocenters. The highest BCUT2D eigenvalue weighted by Crippen LogP contribution is 2.41. The van der Waals surface area contributed by atoms with Crippen molar-refractivity contribution in [3.63, 3.8) is 0 Å². The van der Waals surface area contributed by atoms with Crippen molar-refractivity contribution in [3.8, 4) is 16.9 Å². The van der Waals surface area contributed by atoms with Gasteiger partial charge in [-0.3, -0.25) is 4.98 Å². The quantitative estimate of drug-likeness (QED) is 0.365. The molecule has 0 saturated heterocycles. The highest BCUT2D eigenvalue weighted by Gasteiger charge is 2.20. The van der Waals surface area contributed by atoms with Crippen LogP contribution in [0.2, 0.25) is 0 Å². The number of aromatic nitrogens is 2. The van der Waals surface area contributed by atoms with Gasteiger partial charge in [0.1, 0.15) is 18.1 Å². The number of nitrogens with zero attached hydrogens (tertiary/aromatic N) is 2. The van der Waals surface area contributed by atoms with Crippen molar-refractivity contribution in [2.75, 3.05) is 31.4 Å². The molecule has 2 heterocycles. The molecule has 2 aromatic carbocycles. The summed E-state index contributed by atoms with van der Waals surface area (Å²) in [6, 6.07) is 14.3. The molecule has 0 saturated carbocycles. The Morgan fingerprint density at radius 2 is 1.91 bits per heavy atom. The average Bonchev–Trinajstić information content (AvgIpc) is 3.14. The minimum atomic E-state index is 0.0594. The standard InChI is InChI=1S/C25H28N4O3/c1-15(18-8-6-5-7-9-18)28-25-19-13-23(31-11-10-30-4)20(12-22(19)27-14-21(25)26)24-16(2)29-32-17(24)3/h5-9,12-15H,10-11,26H2,1-4H3,(H,27,28)/t15-/m1/s1. The number of benzene rings is 2. The molecule has 0 aliphatic rings. The van der Waals surface area contributed by atoms with E-state index in [0.29, 0.717) is 24.7 Å². The van der Waals surface area contributed by atoms with E-state index in [-0.39, 0.29) is 6.04 Å². The van der Waals surface area contributed by atoms with Crippen LogP contribution in [0.4, 0.5) is 11.4 Å². The molecule has 32 heavy (non-hydrogen) atoms. The number of aryl methyl sites for hydroxylation is 2. The van der Waals surface area contributed by atoms with Crippen LogP contribution in [-0.2, 0) is 4.74 Å². The van der Waals surface area contributed by atoms with Gasteiger partial charge in [-0.1, -0.05) is 35.5 Å². The van der Waals surface area contributed by atoms with Gasteiger partial charge in [0.25, 0.3) is 0 Å². The predicted molar refractivity (Wildman–Crippen MR) is 127 cm³/mol. The second-order valence-electron chi connectivity index (χ2n) is 7.77. The van der Waals surface area contributed by atoms with Crippen LogP contribution in [0.5, 0.6) is 5.75 Å². The molecule has 4 aromatic rings. The molecule has 4 rings (SSSR count). The minimum absolute atomic E-state index is 0.0594. The molecule has 0 aliphatic carbocycles. The first-order valence-electron chi connectivity index (χ1n) is 10.6. The number of methoxy groups -OCH3 is 1. The number of nitrogens with two attached hydrogens (primary N) is 1. The first-order chi connectivity index (χ1) is 15.5. The molecule has 3 N–H and O–H groups in total. The number of pyridine rings is 1. The van der Waals surface area contributed by atoms with Crippen molar-refractivity contribution in [2.45, 2.75) is 26.8 Å². The maximum Gasteiger partial charge on any atom is 0.141 e. The molecule has 0 aliphatic heterocycles. The van der Waals surface area contributed by atoms with Gasteiger partial charge in [-0.2, -0.15) is 0 Å². The van der Waals surface area contributed by atoms with E-state index in [1.807, 2.05) is 44.2 Å². The molecular formula is C25H28N4O3. The fraction of sp³-hybridized carbons (Fsp3) is 0.280. The van der Waals surface area contributed by atoms with E-state index < -0.39 is 0 Å².